The molecule has 0 bridgehead atoms. The van der Waals surface area contributed by atoms with Gasteiger partial charge in [-0.3, -0.25) is 0 Å². The molecule has 0 saturated carbocycles. The molecule has 13 heavy (non-hydrogen) atoms. The number of benzene rings is 1. The van der Waals surface area contributed by atoms with Crippen LogP contribution in [0.3, 0.4) is 0 Å². The summed E-state index contributed by atoms with van der Waals surface area (Å²) in [6.45, 7) is 1.85. The van der Waals surface area contributed by atoms with Crippen LogP contribution in [-0.2, 0) is 0 Å². The van der Waals surface area contributed by atoms with Crippen LogP contribution in [0.25, 0.3) is 0 Å². The maximum absolute atomic E-state index is 5.92. The highest BCUT2D eigenvalue weighted by atomic mass is 79.9. The van der Waals surface area contributed by atoms with Gasteiger partial charge in [0.15, 0.2) is 0 Å². The summed E-state index contributed by atoms with van der Waals surface area (Å²) in [5.74, 6) is 0.833. The van der Waals surface area contributed by atoms with Crippen LogP contribution in [0.2, 0.25) is 5.02 Å². The Labute approximate surface area is 90.4 Å². The summed E-state index contributed by atoms with van der Waals surface area (Å²) in [5.41, 5.74) is 0. The molecule has 1 fully saturated rings. The molecule has 1 N–H and O–H groups in total. The van der Waals surface area contributed by atoms with E-state index in [9.17, 15) is 0 Å². The van der Waals surface area contributed by atoms with Crippen molar-refractivity contribution in [1.29, 1.82) is 0 Å². The van der Waals surface area contributed by atoms with E-state index in [2.05, 4.69) is 21.2 Å². The molecule has 1 aliphatic heterocycles. The maximum atomic E-state index is 5.92. The van der Waals surface area contributed by atoms with Gasteiger partial charge in [-0.25, -0.2) is 0 Å². The zero-order chi connectivity index (χ0) is 9.26. The second kappa shape index (κ2) is 3.86. The summed E-state index contributed by atoms with van der Waals surface area (Å²) >= 11 is 9.24. The zero-order valence-electron chi connectivity index (χ0n) is 6.89. The number of rotatable bonds is 2. The summed E-state index contributed by atoms with van der Waals surface area (Å²) < 4.78 is 6.51. The third-order valence-electron chi connectivity index (χ3n) is 1.94. The lowest BCUT2D eigenvalue weighted by Gasteiger charge is -2.27. The van der Waals surface area contributed by atoms with E-state index in [-0.39, 0.29) is 0 Å². The summed E-state index contributed by atoms with van der Waals surface area (Å²) in [6, 6.07) is 5.63. The van der Waals surface area contributed by atoms with Crippen LogP contribution in [0.15, 0.2) is 22.7 Å². The molecule has 2 nitrogen and oxygen atoms in total. The molecule has 70 valence electrons. The van der Waals surface area contributed by atoms with Crippen molar-refractivity contribution in [2.24, 2.45) is 0 Å². The topological polar surface area (TPSA) is 21.3 Å². The van der Waals surface area contributed by atoms with Gasteiger partial charge in [0.1, 0.15) is 11.9 Å². The summed E-state index contributed by atoms with van der Waals surface area (Å²) in [4.78, 5) is 0. The molecule has 4 heteroatoms. The number of hydrogen-bond donors (Lipinski definition) is 1. The smallest absolute Gasteiger partial charge is 0.123 e. The number of hydrogen-bond acceptors (Lipinski definition) is 2. The average molecular weight is 263 g/mol. The standard InChI is InChI=1S/C9H9BrClNO/c10-8-2-1-6(3-9(8)11)13-7-4-12-5-7/h1-3,7,12H,4-5H2. The fourth-order valence-electron chi connectivity index (χ4n) is 1.09. The minimum absolute atomic E-state index is 0.303. The van der Waals surface area contributed by atoms with E-state index < -0.39 is 0 Å². The Morgan fingerprint density at radius 2 is 2.23 bits per heavy atom. The van der Waals surface area contributed by atoms with Crippen molar-refractivity contribution in [1.82, 2.24) is 5.32 Å². The predicted molar refractivity (Wildman–Crippen MR) is 56.4 cm³/mol. The molecule has 1 aromatic carbocycles. The van der Waals surface area contributed by atoms with Gasteiger partial charge in [-0.15, -0.1) is 0 Å². The van der Waals surface area contributed by atoms with Crippen LogP contribution >= 0.6 is 27.5 Å². The lowest BCUT2D eigenvalue weighted by molar-refractivity contribution is 0.142. The van der Waals surface area contributed by atoms with Crippen molar-refractivity contribution in [2.75, 3.05) is 13.1 Å². The number of halogens is 2. The first-order valence-corrected chi connectivity index (χ1v) is 5.25. The van der Waals surface area contributed by atoms with Crippen LogP contribution < -0.4 is 10.1 Å². The number of nitrogens with one attached hydrogen (secondary N) is 1. The molecule has 0 aromatic heterocycles. The molecule has 0 aliphatic carbocycles. The molecular formula is C9H9BrClNO. The van der Waals surface area contributed by atoms with Crippen molar-refractivity contribution in [2.45, 2.75) is 6.10 Å². The zero-order valence-corrected chi connectivity index (χ0v) is 9.23. The first-order valence-electron chi connectivity index (χ1n) is 4.08. The van der Waals surface area contributed by atoms with Gasteiger partial charge in [0.2, 0.25) is 0 Å². The second-order valence-electron chi connectivity index (χ2n) is 2.97. The third kappa shape index (κ3) is 2.16. The average Bonchev–Trinajstić information content (AvgIpc) is 2.04. The van der Waals surface area contributed by atoms with E-state index in [1.54, 1.807) is 0 Å². The first kappa shape index (κ1) is 9.31. The Hall–Kier alpha value is -0.250. The SMILES string of the molecule is Clc1cc(OC2CNC2)ccc1Br. The fraction of sp³-hybridized carbons (Fsp3) is 0.333. The Kier molecular flexibility index (Phi) is 2.77. The predicted octanol–water partition coefficient (Wildman–Crippen LogP) is 2.45. The lowest BCUT2D eigenvalue weighted by atomic mass is 10.2. The highest BCUT2D eigenvalue weighted by molar-refractivity contribution is 9.10. The second-order valence-corrected chi connectivity index (χ2v) is 4.24. The van der Waals surface area contributed by atoms with Gasteiger partial charge in [0.25, 0.3) is 0 Å². The van der Waals surface area contributed by atoms with E-state index in [1.807, 2.05) is 18.2 Å². The van der Waals surface area contributed by atoms with Gasteiger partial charge in [0, 0.05) is 17.6 Å². The minimum Gasteiger partial charge on any atom is -0.488 e. The molecule has 1 aliphatic rings. The van der Waals surface area contributed by atoms with E-state index >= 15 is 0 Å². The van der Waals surface area contributed by atoms with Gasteiger partial charge in [-0.05, 0) is 34.1 Å². The normalized spacial score (nSPS) is 16.8. The lowest BCUT2D eigenvalue weighted by Crippen LogP contribution is -2.50. The third-order valence-corrected chi connectivity index (χ3v) is 3.17. The molecule has 2 rings (SSSR count). The molecule has 0 atom stereocenters. The van der Waals surface area contributed by atoms with Gasteiger partial charge < -0.3 is 10.1 Å². The first-order chi connectivity index (χ1) is 6.25. The quantitative estimate of drug-likeness (QED) is 0.884. The van der Waals surface area contributed by atoms with Crippen molar-refractivity contribution < 1.29 is 4.74 Å². The molecule has 0 amide bonds. The molecule has 1 aromatic rings. The summed E-state index contributed by atoms with van der Waals surface area (Å²) in [7, 11) is 0. The molecule has 1 saturated heterocycles. The molecule has 1 heterocycles. The highest BCUT2D eigenvalue weighted by Crippen LogP contribution is 2.27. The van der Waals surface area contributed by atoms with Crippen LogP contribution in [0.1, 0.15) is 0 Å². The largest absolute Gasteiger partial charge is 0.488 e. The van der Waals surface area contributed by atoms with Crippen molar-refractivity contribution >= 4 is 27.5 Å². The monoisotopic (exact) mass is 261 g/mol. The molecular weight excluding hydrogens is 253 g/mol. The van der Waals surface area contributed by atoms with Crippen molar-refractivity contribution in [3.8, 4) is 5.75 Å². The van der Waals surface area contributed by atoms with Crippen LogP contribution in [-0.4, -0.2) is 19.2 Å². The van der Waals surface area contributed by atoms with Crippen LogP contribution in [0.5, 0.6) is 5.75 Å². The molecule has 0 radical (unpaired) electrons. The van der Waals surface area contributed by atoms with E-state index in [4.69, 9.17) is 16.3 Å². The van der Waals surface area contributed by atoms with Gasteiger partial charge in [0.05, 0.1) is 5.02 Å². The summed E-state index contributed by atoms with van der Waals surface area (Å²) in [5, 5.41) is 3.83. The minimum atomic E-state index is 0.303. The van der Waals surface area contributed by atoms with Gasteiger partial charge in [-0.2, -0.15) is 0 Å². The maximum Gasteiger partial charge on any atom is 0.123 e. The summed E-state index contributed by atoms with van der Waals surface area (Å²) in [6.07, 6.45) is 0.303. The molecule has 0 spiro atoms. The van der Waals surface area contributed by atoms with E-state index in [0.29, 0.717) is 11.1 Å². The van der Waals surface area contributed by atoms with Gasteiger partial charge >= 0.3 is 0 Å². The fourth-order valence-corrected chi connectivity index (χ4v) is 1.51. The Morgan fingerprint density at radius 3 is 2.77 bits per heavy atom. The van der Waals surface area contributed by atoms with Gasteiger partial charge in [-0.1, -0.05) is 11.6 Å². The number of ether oxygens (including phenoxy) is 1. The van der Waals surface area contributed by atoms with E-state index in [0.717, 1.165) is 23.3 Å². The molecule has 0 unspecified atom stereocenters. The van der Waals surface area contributed by atoms with Crippen molar-refractivity contribution in [3.63, 3.8) is 0 Å². The van der Waals surface area contributed by atoms with E-state index in [1.165, 1.54) is 0 Å². The van der Waals surface area contributed by atoms with Crippen LogP contribution in [0.4, 0.5) is 0 Å². The van der Waals surface area contributed by atoms with Crippen molar-refractivity contribution in [3.05, 3.63) is 27.7 Å². The Balaban J connectivity index is 2.07. The Morgan fingerprint density at radius 1 is 1.46 bits per heavy atom. The Bertz CT molecular complexity index is 314. The van der Waals surface area contributed by atoms with Crippen LogP contribution in [0, 0.1) is 0 Å². The highest BCUT2D eigenvalue weighted by Gasteiger charge is 2.18.